The average Bonchev–Trinajstić information content (AvgIpc) is 2.66. The minimum absolute atomic E-state index is 0.190. The highest BCUT2D eigenvalue weighted by Crippen LogP contribution is 2.34. The Hall–Kier alpha value is -0.0800. The molecule has 1 aliphatic carbocycles. The van der Waals surface area contributed by atoms with Gasteiger partial charge in [0.05, 0.1) is 0 Å². The first-order chi connectivity index (χ1) is 7.59. The Morgan fingerprint density at radius 2 is 1.94 bits per heavy atom. The molecule has 0 aromatic carbocycles. The molecule has 1 unspecified atom stereocenters. The van der Waals surface area contributed by atoms with Gasteiger partial charge in [0.15, 0.2) is 0 Å². The van der Waals surface area contributed by atoms with Crippen LogP contribution in [0, 0.1) is 5.92 Å². The van der Waals surface area contributed by atoms with Crippen LogP contribution in [-0.2, 0) is 0 Å². The lowest BCUT2D eigenvalue weighted by Crippen LogP contribution is -2.43. The van der Waals surface area contributed by atoms with Crippen molar-refractivity contribution in [3.05, 3.63) is 0 Å². The van der Waals surface area contributed by atoms with E-state index in [-0.39, 0.29) is 5.54 Å². The molecule has 1 saturated carbocycles. The molecule has 94 valence electrons. The van der Waals surface area contributed by atoms with E-state index in [1.807, 2.05) is 0 Å². The van der Waals surface area contributed by atoms with Gasteiger partial charge in [0, 0.05) is 18.1 Å². The van der Waals surface area contributed by atoms with Crippen LogP contribution in [0.5, 0.6) is 0 Å². The Bertz CT molecular complexity index is 219. The number of likely N-dealkylation sites (tertiary alicyclic amines) is 1. The molecule has 2 rings (SSSR count). The van der Waals surface area contributed by atoms with Crippen molar-refractivity contribution in [3.63, 3.8) is 0 Å². The van der Waals surface area contributed by atoms with Crippen LogP contribution in [0.4, 0.5) is 0 Å². The molecular weight excluding hydrogens is 196 g/mol. The molecule has 0 aromatic rings. The van der Waals surface area contributed by atoms with Gasteiger partial charge in [0.2, 0.25) is 0 Å². The molecule has 1 heterocycles. The molecule has 16 heavy (non-hydrogen) atoms. The molecule has 0 amide bonds. The lowest BCUT2D eigenvalue weighted by molar-refractivity contribution is 0.219. The van der Waals surface area contributed by atoms with Crippen LogP contribution in [0.1, 0.15) is 58.8 Å². The fourth-order valence-electron chi connectivity index (χ4n) is 3.53. The maximum Gasteiger partial charge on any atom is 0.0157 e. The van der Waals surface area contributed by atoms with E-state index >= 15 is 0 Å². The summed E-state index contributed by atoms with van der Waals surface area (Å²) in [6, 6.07) is 0.713. The van der Waals surface area contributed by atoms with Gasteiger partial charge in [-0.25, -0.2) is 0 Å². The van der Waals surface area contributed by atoms with Gasteiger partial charge < -0.3 is 10.6 Å². The zero-order chi connectivity index (χ0) is 11.6. The highest BCUT2D eigenvalue weighted by Gasteiger charge is 2.33. The lowest BCUT2D eigenvalue weighted by atomic mass is 9.76. The van der Waals surface area contributed by atoms with E-state index in [1.165, 1.54) is 58.0 Å². The van der Waals surface area contributed by atoms with E-state index in [2.05, 4.69) is 18.7 Å². The van der Waals surface area contributed by atoms with E-state index in [1.54, 1.807) is 0 Å². The van der Waals surface area contributed by atoms with Crippen molar-refractivity contribution in [3.8, 4) is 0 Å². The second-order valence-corrected chi connectivity index (χ2v) is 6.37. The number of nitrogens with two attached hydrogens (primary N) is 1. The van der Waals surface area contributed by atoms with Gasteiger partial charge in [-0.15, -0.1) is 0 Å². The summed E-state index contributed by atoms with van der Waals surface area (Å²) < 4.78 is 0. The second kappa shape index (κ2) is 5.05. The maximum atomic E-state index is 6.54. The molecule has 0 bridgehead atoms. The maximum absolute atomic E-state index is 6.54. The van der Waals surface area contributed by atoms with Crippen molar-refractivity contribution >= 4 is 0 Å². The molecule has 2 nitrogen and oxygen atoms in total. The molecule has 0 radical (unpaired) electrons. The van der Waals surface area contributed by atoms with E-state index in [9.17, 15) is 0 Å². The van der Waals surface area contributed by atoms with Crippen molar-refractivity contribution < 1.29 is 0 Å². The first-order valence-electron chi connectivity index (χ1n) is 7.12. The van der Waals surface area contributed by atoms with E-state index < -0.39 is 0 Å². The summed E-state index contributed by atoms with van der Waals surface area (Å²) in [5, 5.41) is 0. The largest absolute Gasteiger partial charge is 0.325 e. The first-order valence-corrected chi connectivity index (χ1v) is 7.12. The molecule has 0 spiro atoms. The molecule has 1 atom stereocenters. The smallest absolute Gasteiger partial charge is 0.0157 e. The third kappa shape index (κ3) is 2.98. The predicted octanol–water partition coefficient (Wildman–Crippen LogP) is 2.77. The number of rotatable bonds is 3. The third-order valence-electron chi connectivity index (χ3n) is 4.59. The molecule has 2 fully saturated rings. The Morgan fingerprint density at radius 3 is 2.50 bits per heavy atom. The summed E-state index contributed by atoms with van der Waals surface area (Å²) >= 11 is 0. The van der Waals surface area contributed by atoms with Crippen molar-refractivity contribution in [2.45, 2.75) is 70.4 Å². The van der Waals surface area contributed by atoms with Crippen LogP contribution < -0.4 is 5.73 Å². The zero-order valence-corrected chi connectivity index (χ0v) is 11.0. The summed E-state index contributed by atoms with van der Waals surface area (Å²) in [5.41, 5.74) is 6.73. The summed E-state index contributed by atoms with van der Waals surface area (Å²) in [7, 11) is 0. The van der Waals surface area contributed by atoms with Gasteiger partial charge in [-0.05, 0) is 52.0 Å². The van der Waals surface area contributed by atoms with Gasteiger partial charge >= 0.3 is 0 Å². The summed E-state index contributed by atoms with van der Waals surface area (Å²) in [4.78, 5) is 2.61. The zero-order valence-electron chi connectivity index (χ0n) is 11.0. The third-order valence-corrected chi connectivity index (χ3v) is 4.59. The topological polar surface area (TPSA) is 29.3 Å². The Labute approximate surface area is 101 Å². The Morgan fingerprint density at radius 1 is 1.25 bits per heavy atom. The van der Waals surface area contributed by atoms with Crippen LogP contribution >= 0.6 is 0 Å². The molecule has 2 aliphatic rings. The normalized spacial score (nSPS) is 31.1. The predicted molar refractivity (Wildman–Crippen MR) is 69.4 cm³/mol. The fourth-order valence-corrected chi connectivity index (χ4v) is 3.53. The SMILES string of the molecule is CC(C)N1CCC(CC2(N)CCCCC2)C1. The van der Waals surface area contributed by atoms with Gasteiger partial charge in [0.1, 0.15) is 0 Å². The van der Waals surface area contributed by atoms with Gasteiger partial charge in [0.25, 0.3) is 0 Å². The highest BCUT2D eigenvalue weighted by molar-refractivity contribution is 4.92. The monoisotopic (exact) mass is 224 g/mol. The van der Waals surface area contributed by atoms with Crippen LogP contribution in [0.3, 0.4) is 0 Å². The summed E-state index contributed by atoms with van der Waals surface area (Å²) in [6.45, 7) is 7.19. The molecule has 2 N–H and O–H groups in total. The van der Waals surface area contributed by atoms with Crippen LogP contribution in [0.25, 0.3) is 0 Å². The molecular formula is C14H28N2. The summed E-state index contributed by atoms with van der Waals surface area (Å²) in [5.74, 6) is 0.866. The molecule has 2 heteroatoms. The van der Waals surface area contributed by atoms with Crippen LogP contribution in [0.15, 0.2) is 0 Å². The van der Waals surface area contributed by atoms with Gasteiger partial charge in [-0.3, -0.25) is 0 Å². The second-order valence-electron chi connectivity index (χ2n) is 6.37. The van der Waals surface area contributed by atoms with Gasteiger partial charge in [-0.2, -0.15) is 0 Å². The fraction of sp³-hybridized carbons (Fsp3) is 1.00. The molecule has 1 saturated heterocycles. The van der Waals surface area contributed by atoms with E-state index in [0.717, 1.165) is 5.92 Å². The summed E-state index contributed by atoms with van der Waals surface area (Å²) in [6.07, 6.45) is 9.31. The van der Waals surface area contributed by atoms with E-state index in [4.69, 9.17) is 5.73 Å². The van der Waals surface area contributed by atoms with Crippen LogP contribution in [0.2, 0.25) is 0 Å². The number of nitrogens with zero attached hydrogens (tertiary/aromatic N) is 1. The Kier molecular flexibility index (Phi) is 3.91. The Balaban J connectivity index is 1.81. The van der Waals surface area contributed by atoms with E-state index in [0.29, 0.717) is 6.04 Å². The lowest BCUT2D eigenvalue weighted by Gasteiger charge is -2.35. The van der Waals surface area contributed by atoms with Crippen molar-refractivity contribution in [1.82, 2.24) is 4.90 Å². The van der Waals surface area contributed by atoms with Crippen LogP contribution in [-0.4, -0.2) is 29.6 Å². The number of hydrogen-bond donors (Lipinski definition) is 1. The van der Waals surface area contributed by atoms with Gasteiger partial charge in [-0.1, -0.05) is 19.3 Å². The first kappa shape index (κ1) is 12.4. The minimum Gasteiger partial charge on any atom is -0.325 e. The average molecular weight is 224 g/mol. The van der Waals surface area contributed by atoms with Crippen molar-refractivity contribution in [1.29, 1.82) is 0 Å². The minimum atomic E-state index is 0.190. The highest BCUT2D eigenvalue weighted by atomic mass is 15.2. The van der Waals surface area contributed by atoms with Crippen molar-refractivity contribution in [2.24, 2.45) is 11.7 Å². The molecule has 1 aliphatic heterocycles. The quantitative estimate of drug-likeness (QED) is 0.798. The molecule has 0 aromatic heterocycles. The van der Waals surface area contributed by atoms with Crippen molar-refractivity contribution in [2.75, 3.05) is 13.1 Å². The number of hydrogen-bond acceptors (Lipinski definition) is 2. The standard InChI is InChI=1S/C14H28N2/c1-12(2)16-9-6-13(11-16)10-14(15)7-4-3-5-8-14/h12-13H,3-11,15H2,1-2H3.